The SMILES string of the molecule is COCCCNC(=NCc1ccccc1Cn1cccn1)NCc1nnc(C)n1C. The number of hydrogen-bond acceptors (Lipinski definition) is 5. The lowest BCUT2D eigenvalue weighted by Gasteiger charge is -2.13. The Hall–Kier alpha value is -3.20. The van der Waals surface area contributed by atoms with Crippen LogP contribution in [0.5, 0.6) is 0 Å². The van der Waals surface area contributed by atoms with Crippen LogP contribution < -0.4 is 10.6 Å². The monoisotopic (exact) mass is 410 g/mol. The largest absolute Gasteiger partial charge is 0.385 e. The van der Waals surface area contributed by atoms with Crippen LogP contribution in [0.1, 0.15) is 29.2 Å². The lowest BCUT2D eigenvalue weighted by Crippen LogP contribution is -2.38. The number of guanidine groups is 1. The average Bonchev–Trinajstić information content (AvgIpc) is 3.38. The molecule has 0 aliphatic heterocycles. The molecule has 0 amide bonds. The summed E-state index contributed by atoms with van der Waals surface area (Å²) in [6, 6.07) is 10.2. The fraction of sp³-hybridized carbons (Fsp3) is 0.429. The summed E-state index contributed by atoms with van der Waals surface area (Å²) in [4.78, 5) is 4.80. The van der Waals surface area contributed by atoms with Gasteiger partial charge in [0.2, 0.25) is 0 Å². The van der Waals surface area contributed by atoms with Crippen LogP contribution in [0.3, 0.4) is 0 Å². The quantitative estimate of drug-likeness (QED) is 0.300. The maximum atomic E-state index is 5.14. The Morgan fingerprint density at radius 3 is 2.67 bits per heavy atom. The number of rotatable bonds is 10. The maximum absolute atomic E-state index is 5.14. The third kappa shape index (κ3) is 6.15. The van der Waals surface area contributed by atoms with Crippen molar-refractivity contribution >= 4 is 5.96 Å². The van der Waals surface area contributed by atoms with E-state index in [4.69, 9.17) is 9.73 Å². The number of hydrogen-bond donors (Lipinski definition) is 2. The Balaban J connectivity index is 1.68. The highest BCUT2D eigenvalue weighted by molar-refractivity contribution is 5.79. The van der Waals surface area contributed by atoms with E-state index in [1.54, 1.807) is 13.3 Å². The van der Waals surface area contributed by atoms with Crippen LogP contribution in [0.4, 0.5) is 0 Å². The van der Waals surface area contributed by atoms with Crippen LogP contribution in [0, 0.1) is 6.92 Å². The number of benzene rings is 1. The zero-order valence-electron chi connectivity index (χ0n) is 17.9. The first-order chi connectivity index (χ1) is 14.7. The second-order valence-electron chi connectivity index (χ2n) is 6.99. The van der Waals surface area contributed by atoms with Gasteiger partial charge in [-0.05, 0) is 30.5 Å². The molecule has 3 rings (SSSR count). The third-order valence-electron chi connectivity index (χ3n) is 4.83. The average molecular weight is 411 g/mol. The molecule has 2 aromatic heterocycles. The molecule has 30 heavy (non-hydrogen) atoms. The van der Waals surface area contributed by atoms with Crippen LogP contribution in [0.25, 0.3) is 0 Å². The first-order valence-electron chi connectivity index (χ1n) is 10.1. The highest BCUT2D eigenvalue weighted by atomic mass is 16.5. The molecule has 0 aliphatic rings. The van der Waals surface area contributed by atoms with Crippen molar-refractivity contribution in [3.05, 3.63) is 65.5 Å². The molecule has 0 saturated heterocycles. The summed E-state index contributed by atoms with van der Waals surface area (Å²) in [7, 11) is 3.67. The van der Waals surface area contributed by atoms with E-state index < -0.39 is 0 Å². The summed E-state index contributed by atoms with van der Waals surface area (Å²) in [6.45, 7) is 5.24. The molecule has 0 bridgehead atoms. The normalized spacial score (nSPS) is 11.6. The van der Waals surface area contributed by atoms with Crippen molar-refractivity contribution in [3.63, 3.8) is 0 Å². The molecule has 0 aliphatic carbocycles. The molecule has 0 fully saturated rings. The smallest absolute Gasteiger partial charge is 0.191 e. The second kappa shape index (κ2) is 11.1. The number of aliphatic imine (C=N–C) groups is 1. The van der Waals surface area contributed by atoms with Crippen molar-refractivity contribution in [2.75, 3.05) is 20.3 Å². The molecule has 1 aromatic carbocycles. The van der Waals surface area contributed by atoms with E-state index in [0.29, 0.717) is 19.7 Å². The topological polar surface area (TPSA) is 94.2 Å². The molecule has 0 radical (unpaired) electrons. The first-order valence-corrected chi connectivity index (χ1v) is 10.1. The summed E-state index contributed by atoms with van der Waals surface area (Å²) >= 11 is 0. The number of ether oxygens (including phenoxy) is 1. The van der Waals surface area contributed by atoms with Crippen LogP contribution in [0.2, 0.25) is 0 Å². The Labute approximate surface area is 177 Å². The van der Waals surface area contributed by atoms with Crippen molar-refractivity contribution in [2.45, 2.75) is 33.0 Å². The van der Waals surface area contributed by atoms with E-state index in [2.05, 4.69) is 38.1 Å². The molecule has 160 valence electrons. The molecule has 0 saturated carbocycles. The van der Waals surface area contributed by atoms with Crippen LogP contribution in [0.15, 0.2) is 47.7 Å². The van der Waals surface area contributed by atoms with Gasteiger partial charge in [-0.25, -0.2) is 4.99 Å². The van der Waals surface area contributed by atoms with E-state index in [-0.39, 0.29) is 0 Å². The van der Waals surface area contributed by atoms with Crippen LogP contribution in [-0.2, 0) is 31.4 Å². The summed E-state index contributed by atoms with van der Waals surface area (Å²) < 4.78 is 9.02. The molecule has 9 nitrogen and oxygen atoms in total. The summed E-state index contributed by atoms with van der Waals surface area (Å²) in [5, 5.41) is 19.4. The van der Waals surface area contributed by atoms with Crippen molar-refractivity contribution in [3.8, 4) is 0 Å². The van der Waals surface area contributed by atoms with Crippen molar-refractivity contribution in [1.82, 2.24) is 35.2 Å². The number of nitrogens with one attached hydrogen (secondary N) is 2. The standard InChI is InChI=1S/C21H30N8O/c1-17-26-27-20(28(17)2)15-24-21(22-10-7-13-30-3)23-14-18-8-4-5-9-19(18)16-29-12-6-11-25-29/h4-6,8-9,11-12H,7,10,13-16H2,1-3H3,(H2,22,23,24). The van der Waals surface area contributed by atoms with Gasteiger partial charge in [0.25, 0.3) is 0 Å². The van der Waals surface area contributed by atoms with Crippen molar-refractivity contribution in [2.24, 2.45) is 12.0 Å². The van der Waals surface area contributed by atoms with Gasteiger partial charge in [0.1, 0.15) is 5.82 Å². The zero-order valence-corrected chi connectivity index (χ0v) is 17.9. The lowest BCUT2D eigenvalue weighted by molar-refractivity contribution is 0.195. The van der Waals surface area contributed by atoms with E-state index in [1.165, 1.54) is 11.1 Å². The summed E-state index contributed by atoms with van der Waals surface area (Å²) in [5.41, 5.74) is 2.37. The second-order valence-corrected chi connectivity index (χ2v) is 6.99. The third-order valence-corrected chi connectivity index (χ3v) is 4.83. The highest BCUT2D eigenvalue weighted by Gasteiger charge is 2.07. The summed E-state index contributed by atoms with van der Waals surface area (Å²) in [5.74, 6) is 2.48. The van der Waals surface area contributed by atoms with Gasteiger partial charge >= 0.3 is 0 Å². The molecule has 0 atom stereocenters. The number of aromatic nitrogens is 5. The number of aryl methyl sites for hydroxylation is 1. The predicted molar refractivity (Wildman–Crippen MR) is 116 cm³/mol. The molecule has 2 heterocycles. The Morgan fingerprint density at radius 1 is 1.13 bits per heavy atom. The molecule has 3 aromatic rings. The molecule has 0 spiro atoms. The van der Waals surface area contributed by atoms with Gasteiger partial charge in [0.15, 0.2) is 11.8 Å². The minimum absolute atomic E-state index is 0.544. The van der Waals surface area contributed by atoms with Crippen LogP contribution >= 0.6 is 0 Å². The molecule has 0 unspecified atom stereocenters. The van der Waals surface area contributed by atoms with E-state index in [9.17, 15) is 0 Å². The Kier molecular flexibility index (Phi) is 7.96. The lowest BCUT2D eigenvalue weighted by atomic mass is 10.1. The van der Waals surface area contributed by atoms with Gasteiger partial charge in [-0.2, -0.15) is 5.10 Å². The number of methoxy groups -OCH3 is 1. The van der Waals surface area contributed by atoms with Gasteiger partial charge in [-0.15, -0.1) is 10.2 Å². The maximum Gasteiger partial charge on any atom is 0.191 e. The molecular formula is C21H30N8O. The van der Waals surface area contributed by atoms with Gasteiger partial charge in [0.05, 0.1) is 19.6 Å². The van der Waals surface area contributed by atoms with Gasteiger partial charge in [-0.3, -0.25) is 4.68 Å². The van der Waals surface area contributed by atoms with E-state index in [0.717, 1.165) is 37.1 Å². The first kappa shape index (κ1) is 21.5. The van der Waals surface area contributed by atoms with Crippen molar-refractivity contribution in [1.29, 1.82) is 0 Å². The van der Waals surface area contributed by atoms with Gasteiger partial charge in [-0.1, -0.05) is 24.3 Å². The fourth-order valence-corrected chi connectivity index (χ4v) is 2.96. The Morgan fingerprint density at radius 2 is 1.97 bits per heavy atom. The highest BCUT2D eigenvalue weighted by Crippen LogP contribution is 2.11. The zero-order chi connectivity index (χ0) is 21.2. The predicted octanol–water partition coefficient (Wildman–Crippen LogP) is 1.64. The summed E-state index contributed by atoms with van der Waals surface area (Å²) in [6.07, 6.45) is 4.66. The molecule has 2 N–H and O–H groups in total. The minimum atomic E-state index is 0.544. The minimum Gasteiger partial charge on any atom is -0.385 e. The number of nitrogens with zero attached hydrogens (tertiary/aromatic N) is 6. The molecule has 9 heteroatoms. The van der Waals surface area contributed by atoms with E-state index in [1.807, 2.05) is 47.6 Å². The Bertz CT molecular complexity index is 932. The molecular weight excluding hydrogens is 380 g/mol. The van der Waals surface area contributed by atoms with Crippen molar-refractivity contribution < 1.29 is 4.74 Å². The van der Waals surface area contributed by atoms with E-state index >= 15 is 0 Å². The van der Waals surface area contributed by atoms with Gasteiger partial charge in [0, 0.05) is 39.7 Å². The fourth-order valence-electron chi connectivity index (χ4n) is 2.96. The van der Waals surface area contributed by atoms with Crippen LogP contribution in [-0.4, -0.2) is 50.8 Å². The van der Waals surface area contributed by atoms with Gasteiger partial charge < -0.3 is 19.9 Å².